The van der Waals surface area contributed by atoms with E-state index in [1.807, 2.05) is 31.1 Å². The number of halogens is 2. The fourth-order valence-electron chi connectivity index (χ4n) is 2.96. The third kappa shape index (κ3) is 4.04. The Kier molecular flexibility index (Phi) is 5.12. The van der Waals surface area contributed by atoms with Gasteiger partial charge in [0.15, 0.2) is 11.6 Å². The van der Waals surface area contributed by atoms with E-state index in [9.17, 15) is 8.78 Å². The highest BCUT2D eigenvalue weighted by atomic mass is 19.3. The monoisotopic (exact) mass is 351 g/mol. The van der Waals surface area contributed by atoms with Gasteiger partial charge in [0.25, 0.3) is 6.43 Å². The molecule has 7 nitrogen and oxygen atoms in total. The summed E-state index contributed by atoms with van der Waals surface area (Å²) in [6.45, 7) is 3.65. The molecular weight excluding hydrogens is 328 g/mol. The largest absolute Gasteiger partial charge is 0.361 e. The minimum atomic E-state index is -2.54. The molecule has 9 heteroatoms. The van der Waals surface area contributed by atoms with Crippen molar-refractivity contribution in [1.29, 1.82) is 0 Å². The third-order valence-electron chi connectivity index (χ3n) is 4.33. The molecule has 0 bridgehead atoms. The van der Waals surface area contributed by atoms with E-state index in [4.69, 9.17) is 0 Å². The van der Waals surface area contributed by atoms with Crippen LogP contribution in [-0.2, 0) is 13.6 Å². The molecule has 0 aromatic carbocycles. The molecule has 1 aliphatic heterocycles. The number of hydrogen-bond donors (Lipinski definition) is 0. The van der Waals surface area contributed by atoms with Crippen molar-refractivity contribution in [2.24, 2.45) is 7.05 Å². The molecule has 3 rings (SSSR count). The van der Waals surface area contributed by atoms with Gasteiger partial charge < -0.3 is 9.80 Å². The van der Waals surface area contributed by atoms with Crippen LogP contribution in [0.1, 0.15) is 17.7 Å². The van der Waals surface area contributed by atoms with Gasteiger partial charge in [0, 0.05) is 65.6 Å². The van der Waals surface area contributed by atoms with E-state index in [0.717, 1.165) is 37.8 Å². The summed E-state index contributed by atoms with van der Waals surface area (Å²) in [5.74, 6) is 1.67. The van der Waals surface area contributed by atoms with Crippen molar-refractivity contribution in [3.8, 4) is 0 Å². The molecule has 0 radical (unpaired) electrons. The quantitative estimate of drug-likeness (QED) is 0.814. The summed E-state index contributed by atoms with van der Waals surface area (Å²) in [5.41, 5.74) is 0.483. The van der Waals surface area contributed by atoms with Crippen LogP contribution < -0.4 is 9.80 Å². The second kappa shape index (κ2) is 7.30. The molecule has 3 heterocycles. The van der Waals surface area contributed by atoms with Gasteiger partial charge in [-0.15, -0.1) is 10.2 Å². The van der Waals surface area contributed by atoms with Gasteiger partial charge in [-0.1, -0.05) is 0 Å². The second-order valence-corrected chi connectivity index (χ2v) is 6.42. The topological polar surface area (TPSA) is 53.3 Å². The average molecular weight is 351 g/mol. The number of piperazine rings is 1. The van der Waals surface area contributed by atoms with Gasteiger partial charge in [-0.2, -0.15) is 5.10 Å². The molecule has 1 fully saturated rings. The lowest BCUT2D eigenvalue weighted by Crippen LogP contribution is -2.46. The fraction of sp³-hybridized carbons (Fsp3) is 0.562. The van der Waals surface area contributed by atoms with Gasteiger partial charge in [-0.05, 0) is 12.1 Å². The minimum Gasteiger partial charge on any atom is -0.361 e. The van der Waals surface area contributed by atoms with Crippen molar-refractivity contribution < 1.29 is 8.78 Å². The minimum absolute atomic E-state index is 0.116. The molecule has 1 aliphatic rings. The molecule has 25 heavy (non-hydrogen) atoms. The Balaban J connectivity index is 1.58. The van der Waals surface area contributed by atoms with Gasteiger partial charge >= 0.3 is 0 Å². The van der Waals surface area contributed by atoms with Crippen molar-refractivity contribution in [1.82, 2.24) is 24.9 Å². The lowest BCUT2D eigenvalue weighted by atomic mass is 10.2. The predicted molar refractivity (Wildman–Crippen MR) is 92.0 cm³/mol. The average Bonchev–Trinajstić information content (AvgIpc) is 2.96. The number of hydrogen-bond acceptors (Lipinski definition) is 6. The maximum absolute atomic E-state index is 13.0. The summed E-state index contributed by atoms with van der Waals surface area (Å²) in [5, 5.41) is 12.3. The van der Waals surface area contributed by atoms with E-state index >= 15 is 0 Å². The highest BCUT2D eigenvalue weighted by Gasteiger charge is 2.23. The van der Waals surface area contributed by atoms with Crippen LogP contribution in [0.4, 0.5) is 20.4 Å². The number of alkyl halides is 2. The molecule has 0 spiro atoms. The van der Waals surface area contributed by atoms with Crippen LogP contribution in [0.2, 0.25) is 0 Å². The van der Waals surface area contributed by atoms with Gasteiger partial charge in [0.2, 0.25) is 0 Å². The lowest BCUT2D eigenvalue weighted by molar-refractivity contribution is 0.142. The summed E-state index contributed by atoms with van der Waals surface area (Å²) < 4.78 is 27.5. The summed E-state index contributed by atoms with van der Waals surface area (Å²) in [6, 6.07) is 3.91. The highest BCUT2D eigenvalue weighted by molar-refractivity contribution is 5.44. The predicted octanol–water partition coefficient (Wildman–Crippen LogP) is 1.54. The molecule has 0 amide bonds. The number of nitrogens with zero attached hydrogens (tertiary/aromatic N) is 7. The van der Waals surface area contributed by atoms with Crippen LogP contribution in [0.5, 0.6) is 0 Å². The van der Waals surface area contributed by atoms with Gasteiger partial charge in [-0.3, -0.25) is 9.58 Å². The first-order chi connectivity index (χ1) is 11.9. The van der Waals surface area contributed by atoms with Crippen molar-refractivity contribution in [3.05, 3.63) is 29.6 Å². The van der Waals surface area contributed by atoms with Gasteiger partial charge in [-0.25, -0.2) is 8.78 Å². The van der Waals surface area contributed by atoms with Gasteiger partial charge in [0.05, 0.1) is 0 Å². The van der Waals surface area contributed by atoms with Crippen molar-refractivity contribution in [2.45, 2.75) is 13.0 Å². The molecular formula is C16H23F2N7. The molecule has 0 saturated carbocycles. The number of rotatable bonds is 5. The van der Waals surface area contributed by atoms with E-state index in [2.05, 4.69) is 25.1 Å². The van der Waals surface area contributed by atoms with Crippen molar-refractivity contribution in [2.75, 3.05) is 50.1 Å². The van der Waals surface area contributed by atoms with Crippen LogP contribution in [-0.4, -0.2) is 65.2 Å². The van der Waals surface area contributed by atoms with Crippen LogP contribution >= 0.6 is 0 Å². The molecule has 2 aromatic heterocycles. The standard InChI is InChI=1S/C16H23F2N7/c1-22(2)13-4-5-14(20-19-13)25-8-6-24(7-9-25)11-12-10-23(3)21-15(12)16(17)18/h4-5,10,16H,6-9,11H2,1-3H3. The Labute approximate surface area is 145 Å². The molecule has 0 atom stereocenters. The summed E-state index contributed by atoms with van der Waals surface area (Å²) in [6.07, 6.45) is -0.859. The highest BCUT2D eigenvalue weighted by Crippen LogP contribution is 2.23. The third-order valence-corrected chi connectivity index (χ3v) is 4.33. The Morgan fingerprint density at radius 2 is 1.84 bits per heavy atom. The zero-order valence-corrected chi connectivity index (χ0v) is 14.7. The summed E-state index contributed by atoms with van der Waals surface area (Å²) >= 11 is 0. The van der Waals surface area contributed by atoms with Crippen LogP contribution in [0, 0.1) is 0 Å². The van der Waals surface area contributed by atoms with Crippen LogP contribution in [0.15, 0.2) is 18.3 Å². The smallest absolute Gasteiger partial charge is 0.282 e. The van der Waals surface area contributed by atoms with E-state index in [-0.39, 0.29) is 5.69 Å². The summed E-state index contributed by atoms with van der Waals surface area (Å²) in [7, 11) is 5.52. The van der Waals surface area contributed by atoms with E-state index in [0.29, 0.717) is 12.1 Å². The van der Waals surface area contributed by atoms with Crippen molar-refractivity contribution >= 4 is 11.6 Å². The first kappa shape index (κ1) is 17.5. The first-order valence-corrected chi connectivity index (χ1v) is 8.23. The maximum atomic E-state index is 13.0. The Morgan fingerprint density at radius 3 is 2.40 bits per heavy atom. The van der Waals surface area contributed by atoms with E-state index in [1.165, 1.54) is 4.68 Å². The normalized spacial score (nSPS) is 15.8. The van der Waals surface area contributed by atoms with E-state index < -0.39 is 6.43 Å². The van der Waals surface area contributed by atoms with Crippen LogP contribution in [0.3, 0.4) is 0 Å². The molecule has 0 unspecified atom stereocenters. The molecule has 0 aliphatic carbocycles. The van der Waals surface area contributed by atoms with E-state index in [1.54, 1.807) is 13.2 Å². The number of anilines is 2. The maximum Gasteiger partial charge on any atom is 0.282 e. The Bertz CT molecular complexity index is 691. The number of aryl methyl sites for hydroxylation is 1. The zero-order chi connectivity index (χ0) is 18.0. The Hall–Kier alpha value is -2.29. The lowest BCUT2D eigenvalue weighted by Gasteiger charge is -2.35. The molecule has 0 N–H and O–H groups in total. The Morgan fingerprint density at radius 1 is 1.12 bits per heavy atom. The van der Waals surface area contributed by atoms with Crippen molar-refractivity contribution in [3.63, 3.8) is 0 Å². The SMILES string of the molecule is CN(C)c1ccc(N2CCN(Cc3cn(C)nc3C(F)F)CC2)nn1. The molecule has 136 valence electrons. The molecule has 2 aromatic rings. The first-order valence-electron chi connectivity index (χ1n) is 8.23. The summed E-state index contributed by atoms with van der Waals surface area (Å²) in [4.78, 5) is 6.24. The fourth-order valence-corrected chi connectivity index (χ4v) is 2.96. The number of aromatic nitrogens is 4. The second-order valence-electron chi connectivity index (χ2n) is 6.42. The molecule has 1 saturated heterocycles. The zero-order valence-electron chi connectivity index (χ0n) is 14.7. The van der Waals surface area contributed by atoms with Crippen LogP contribution in [0.25, 0.3) is 0 Å². The van der Waals surface area contributed by atoms with Gasteiger partial charge in [0.1, 0.15) is 5.69 Å².